The summed E-state index contributed by atoms with van der Waals surface area (Å²) in [5, 5.41) is 144. The van der Waals surface area contributed by atoms with Crippen LogP contribution in [0, 0.1) is 27.6 Å². The number of carboxylic acid groups (broad SMARTS) is 1. The van der Waals surface area contributed by atoms with E-state index in [0.29, 0.717) is 6.42 Å². The predicted octanol–water partition coefficient (Wildman–Crippen LogP) is -2.04. The Hall–Kier alpha value is -1.17. The SMILES string of the molecule is CC(C)CCCCCCCCCCCCCCC(=O)O.OCC(CO)(CO)CO.OCC(CO)(CO)CO.OCC(CO)(CO)CO.OCC(CO)(CO)CO. The third-order valence-corrected chi connectivity index (χ3v) is 9.29. The van der Waals surface area contributed by atoms with Gasteiger partial charge in [-0.2, -0.15) is 0 Å². The molecule has 0 amide bonds. The second kappa shape index (κ2) is 43.4. The van der Waals surface area contributed by atoms with Gasteiger partial charge in [-0.3, -0.25) is 4.79 Å². The number of rotatable bonds is 31. The molecule has 18 nitrogen and oxygen atoms in total. The van der Waals surface area contributed by atoms with Gasteiger partial charge in [-0.05, 0) is 12.3 Å². The van der Waals surface area contributed by atoms with Crippen molar-refractivity contribution in [3.05, 3.63) is 0 Å². The van der Waals surface area contributed by atoms with Crippen LogP contribution in [0.1, 0.15) is 104 Å². The predicted molar refractivity (Wildman–Crippen MR) is 210 cm³/mol. The Morgan fingerprint density at radius 3 is 0.607 bits per heavy atom. The van der Waals surface area contributed by atoms with Crippen molar-refractivity contribution < 1.29 is 91.6 Å². The molecule has 0 fully saturated rings. The van der Waals surface area contributed by atoms with Crippen LogP contribution in [0.4, 0.5) is 0 Å². The maximum atomic E-state index is 10.3. The third-order valence-electron chi connectivity index (χ3n) is 9.29. The Labute approximate surface area is 334 Å². The van der Waals surface area contributed by atoms with Crippen LogP contribution in [0.3, 0.4) is 0 Å². The lowest BCUT2D eigenvalue weighted by molar-refractivity contribution is -0.137. The molecule has 344 valence electrons. The van der Waals surface area contributed by atoms with Crippen LogP contribution >= 0.6 is 0 Å². The zero-order valence-corrected chi connectivity index (χ0v) is 34.3. The van der Waals surface area contributed by atoms with Gasteiger partial charge in [-0.1, -0.05) is 90.9 Å². The van der Waals surface area contributed by atoms with Crippen molar-refractivity contribution in [2.45, 2.75) is 104 Å². The third kappa shape index (κ3) is 34.8. The number of hydrogen-bond donors (Lipinski definition) is 17. The van der Waals surface area contributed by atoms with Gasteiger partial charge in [0.25, 0.3) is 0 Å². The number of unbranched alkanes of at least 4 members (excludes halogenated alkanes) is 11. The Morgan fingerprint density at radius 1 is 0.321 bits per heavy atom. The monoisotopic (exact) mass is 829 g/mol. The lowest BCUT2D eigenvalue weighted by atomic mass is 9.93. The lowest BCUT2D eigenvalue weighted by Crippen LogP contribution is -2.37. The molecular formula is C38H84O18. The van der Waals surface area contributed by atoms with Gasteiger partial charge in [0.05, 0.1) is 127 Å². The molecule has 0 radical (unpaired) electrons. The number of aliphatic hydroxyl groups excluding tert-OH is 16. The number of carbonyl (C=O) groups is 1. The first kappa shape index (κ1) is 64.0. The molecule has 0 bridgehead atoms. The van der Waals surface area contributed by atoms with Gasteiger partial charge >= 0.3 is 5.97 Å². The molecule has 0 aromatic rings. The van der Waals surface area contributed by atoms with Crippen molar-refractivity contribution >= 4 is 5.97 Å². The first-order valence-corrected chi connectivity index (χ1v) is 19.6. The summed E-state index contributed by atoms with van der Waals surface area (Å²) in [5.41, 5.74) is -4.44. The van der Waals surface area contributed by atoms with Gasteiger partial charge in [0.15, 0.2) is 0 Å². The number of carboxylic acids is 1. The van der Waals surface area contributed by atoms with Gasteiger partial charge in [-0.25, -0.2) is 0 Å². The topological polar surface area (TPSA) is 361 Å². The van der Waals surface area contributed by atoms with Crippen LogP contribution in [0.25, 0.3) is 0 Å². The second-order valence-electron chi connectivity index (χ2n) is 15.1. The van der Waals surface area contributed by atoms with E-state index in [4.69, 9.17) is 86.8 Å². The summed E-state index contributed by atoms with van der Waals surface area (Å²) in [5.74, 6) is 0.212. The molecule has 0 aromatic carbocycles. The highest BCUT2D eigenvalue weighted by Crippen LogP contribution is 2.16. The molecule has 0 rings (SSSR count). The van der Waals surface area contributed by atoms with E-state index >= 15 is 0 Å². The van der Waals surface area contributed by atoms with Crippen molar-refractivity contribution in [2.75, 3.05) is 106 Å². The largest absolute Gasteiger partial charge is 0.481 e. The zero-order chi connectivity index (χ0) is 44.4. The first-order valence-electron chi connectivity index (χ1n) is 19.6. The fraction of sp³-hybridized carbons (Fsp3) is 0.974. The van der Waals surface area contributed by atoms with Gasteiger partial charge in [0.1, 0.15) is 0 Å². The van der Waals surface area contributed by atoms with Crippen LogP contribution in [-0.4, -0.2) is 198 Å². The van der Waals surface area contributed by atoms with Gasteiger partial charge in [-0.15, -0.1) is 0 Å². The molecule has 17 N–H and O–H groups in total. The molecule has 0 aliphatic heterocycles. The summed E-state index contributed by atoms with van der Waals surface area (Å²) in [6, 6.07) is 0. The fourth-order valence-corrected chi connectivity index (χ4v) is 3.80. The maximum absolute atomic E-state index is 10.3. The number of aliphatic carboxylic acids is 1. The molecule has 0 saturated heterocycles. The summed E-state index contributed by atoms with van der Waals surface area (Å²) in [7, 11) is 0. The quantitative estimate of drug-likeness (QED) is 0.0335. The minimum Gasteiger partial charge on any atom is -0.481 e. The van der Waals surface area contributed by atoms with Crippen LogP contribution < -0.4 is 0 Å². The Morgan fingerprint density at radius 2 is 0.482 bits per heavy atom. The standard InChI is InChI=1S/C18H36O2.4C5H12O4/c1-17(2)15-13-11-9-7-5-3-4-6-8-10-12-14-16-18(19)20;4*6-1-5(2-7,3-8)4-9/h17H,3-16H2,1-2H3,(H,19,20);4*6-9H,1-4H2. The minimum absolute atomic E-state index is 0.344. The number of aliphatic hydroxyl groups is 16. The van der Waals surface area contributed by atoms with E-state index in [2.05, 4.69) is 13.8 Å². The molecule has 56 heavy (non-hydrogen) atoms. The molecule has 0 atom stereocenters. The molecule has 0 aliphatic carbocycles. The Bertz CT molecular complexity index is 624. The summed E-state index contributed by atoms with van der Waals surface area (Å²) >= 11 is 0. The molecule has 18 heteroatoms. The molecule has 0 spiro atoms. The lowest BCUT2D eigenvalue weighted by Gasteiger charge is -2.23. The average molecular weight is 829 g/mol. The van der Waals surface area contributed by atoms with E-state index < -0.39 is 133 Å². The van der Waals surface area contributed by atoms with E-state index in [1.807, 2.05) is 0 Å². The van der Waals surface area contributed by atoms with Crippen molar-refractivity contribution in [1.82, 2.24) is 0 Å². The fourth-order valence-electron chi connectivity index (χ4n) is 3.80. The normalized spacial score (nSPS) is 11.7. The zero-order valence-electron chi connectivity index (χ0n) is 34.3. The Kier molecular flexibility index (Phi) is 49.6. The van der Waals surface area contributed by atoms with E-state index in [9.17, 15) is 4.79 Å². The van der Waals surface area contributed by atoms with Gasteiger partial charge in [0, 0.05) is 6.42 Å². The molecular weight excluding hydrogens is 744 g/mol. The van der Waals surface area contributed by atoms with Crippen LogP contribution in [0.2, 0.25) is 0 Å². The Balaban J connectivity index is -0.000000205. The van der Waals surface area contributed by atoms with E-state index in [1.165, 1.54) is 70.6 Å². The first-order chi connectivity index (χ1) is 26.6. The van der Waals surface area contributed by atoms with Crippen LogP contribution in [0.5, 0.6) is 0 Å². The maximum Gasteiger partial charge on any atom is 0.303 e. The van der Waals surface area contributed by atoms with E-state index in [0.717, 1.165) is 18.8 Å². The van der Waals surface area contributed by atoms with E-state index in [1.54, 1.807) is 0 Å². The van der Waals surface area contributed by atoms with Crippen molar-refractivity contribution in [1.29, 1.82) is 0 Å². The van der Waals surface area contributed by atoms with Crippen LogP contribution in [-0.2, 0) is 4.79 Å². The minimum atomic E-state index is -1.11. The summed E-state index contributed by atoms with van der Waals surface area (Å²) in [6.45, 7) is -1.89. The molecule has 0 aliphatic rings. The van der Waals surface area contributed by atoms with Crippen LogP contribution in [0.15, 0.2) is 0 Å². The summed E-state index contributed by atoms with van der Waals surface area (Å²) in [6.07, 6.45) is 17.3. The summed E-state index contributed by atoms with van der Waals surface area (Å²) in [4.78, 5) is 10.3. The second-order valence-corrected chi connectivity index (χ2v) is 15.1. The molecule has 0 saturated carbocycles. The highest BCUT2D eigenvalue weighted by atomic mass is 16.4. The summed E-state index contributed by atoms with van der Waals surface area (Å²) < 4.78 is 0. The van der Waals surface area contributed by atoms with Crippen molar-refractivity contribution in [3.8, 4) is 0 Å². The van der Waals surface area contributed by atoms with Gasteiger partial charge in [0.2, 0.25) is 0 Å². The molecule has 0 unspecified atom stereocenters. The highest BCUT2D eigenvalue weighted by Gasteiger charge is 2.28. The highest BCUT2D eigenvalue weighted by molar-refractivity contribution is 5.66. The van der Waals surface area contributed by atoms with Crippen molar-refractivity contribution in [3.63, 3.8) is 0 Å². The average Bonchev–Trinajstić information content (AvgIpc) is 3.23. The van der Waals surface area contributed by atoms with Crippen molar-refractivity contribution in [2.24, 2.45) is 27.6 Å². The van der Waals surface area contributed by atoms with E-state index in [-0.39, 0.29) is 0 Å². The number of hydrogen-bond acceptors (Lipinski definition) is 17. The molecule has 0 aromatic heterocycles. The smallest absolute Gasteiger partial charge is 0.303 e. The molecule has 0 heterocycles. The van der Waals surface area contributed by atoms with Gasteiger partial charge < -0.3 is 86.8 Å².